The van der Waals surface area contributed by atoms with Crippen molar-refractivity contribution in [2.75, 3.05) is 13.2 Å². The molecule has 2 aromatic rings. The maximum absolute atomic E-state index is 13.0. The third-order valence-electron chi connectivity index (χ3n) is 4.76. The number of aromatic nitrogens is 1. The molecule has 2 rings (SSSR count). The summed E-state index contributed by atoms with van der Waals surface area (Å²) in [5.41, 5.74) is 1.44. The lowest BCUT2D eigenvalue weighted by Crippen LogP contribution is -2.36. The molecule has 0 bridgehead atoms. The smallest absolute Gasteiger partial charge is 0.305 e. The molecule has 0 saturated heterocycles. The quantitative estimate of drug-likeness (QED) is 0.252. The summed E-state index contributed by atoms with van der Waals surface area (Å²) in [6.07, 6.45) is 4.46. The van der Waals surface area contributed by atoms with E-state index in [1.165, 1.54) is 6.20 Å². The highest BCUT2D eigenvalue weighted by Crippen LogP contribution is 2.23. The van der Waals surface area contributed by atoms with Crippen LogP contribution >= 0.6 is 11.6 Å². The summed E-state index contributed by atoms with van der Waals surface area (Å²) in [5, 5.41) is 0.355. The zero-order valence-corrected chi connectivity index (χ0v) is 19.2. The number of halogens is 1. The van der Waals surface area contributed by atoms with Crippen molar-refractivity contribution in [3.63, 3.8) is 0 Å². The van der Waals surface area contributed by atoms with Crippen molar-refractivity contribution in [2.45, 2.75) is 59.0 Å². The Hall–Kier alpha value is -2.60. The van der Waals surface area contributed by atoms with Gasteiger partial charge in [-0.3, -0.25) is 9.59 Å². The lowest BCUT2D eigenvalue weighted by Gasteiger charge is -2.27. The van der Waals surface area contributed by atoms with Gasteiger partial charge >= 0.3 is 5.97 Å². The minimum atomic E-state index is -0.150. The molecule has 7 heteroatoms. The summed E-state index contributed by atoms with van der Waals surface area (Å²) in [4.78, 5) is 30.2. The Kier molecular flexibility index (Phi) is 10.3. The van der Waals surface area contributed by atoms with Crippen molar-refractivity contribution in [1.29, 1.82) is 0 Å². The maximum atomic E-state index is 13.0. The highest BCUT2D eigenvalue weighted by molar-refractivity contribution is 6.29. The lowest BCUT2D eigenvalue weighted by atomic mass is 10.1. The number of pyridine rings is 1. The predicted octanol–water partition coefficient (Wildman–Crippen LogP) is 5.29. The van der Waals surface area contributed by atoms with Crippen molar-refractivity contribution >= 4 is 23.5 Å². The van der Waals surface area contributed by atoms with Gasteiger partial charge in [-0.1, -0.05) is 29.8 Å². The van der Waals surface area contributed by atoms with Crippen molar-refractivity contribution in [2.24, 2.45) is 0 Å². The predicted molar refractivity (Wildman–Crippen MR) is 121 cm³/mol. The van der Waals surface area contributed by atoms with Crippen LogP contribution in [0.2, 0.25) is 5.15 Å². The number of carbonyl (C=O) groups is 2. The number of unbranched alkanes of at least 4 members (excludes halogenated alkanes) is 2. The minimum absolute atomic E-state index is 0.000823. The molecular weight excluding hydrogens is 416 g/mol. The SMILES string of the molecule is CCOC(=O)CCCCCOc1ccccc1CN(C(=O)c1ccc(Cl)nc1)C(C)C. The largest absolute Gasteiger partial charge is 0.493 e. The van der Waals surface area contributed by atoms with Crippen LogP contribution in [0.15, 0.2) is 42.6 Å². The summed E-state index contributed by atoms with van der Waals surface area (Å²) in [5.74, 6) is 0.511. The number of hydrogen-bond donors (Lipinski definition) is 0. The molecule has 1 amide bonds. The molecule has 0 saturated carbocycles. The first-order chi connectivity index (χ1) is 14.9. The van der Waals surface area contributed by atoms with E-state index in [2.05, 4.69) is 4.98 Å². The molecule has 0 unspecified atom stereocenters. The molecule has 0 aliphatic heterocycles. The molecule has 1 aromatic carbocycles. The van der Waals surface area contributed by atoms with Gasteiger partial charge in [-0.25, -0.2) is 4.98 Å². The number of para-hydroxylation sites is 1. The van der Waals surface area contributed by atoms with E-state index in [0.29, 0.717) is 36.9 Å². The Bertz CT molecular complexity index is 840. The monoisotopic (exact) mass is 446 g/mol. The first kappa shape index (κ1) is 24.7. The summed E-state index contributed by atoms with van der Waals surface area (Å²) < 4.78 is 10.9. The summed E-state index contributed by atoms with van der Waals surface area (Å²) in [6.45, 7) is 7.17. The lowest BCUT2D eigenvalue weighted by molar-refractivity contribution is -0.143. The molecule has 1 heterocycles. The van der Waals surface area contributed by atoms with Gasteiger partial charge in [0.05, 0.1) is 18.8 Å². The fraction of sp³-hybridized carbons (Fsp3) is 0.458. The van der Waals surface area contributed by atoms with Crippen LogP contribution in [-0.2, 0) is 16.1 Å². The Morgan fingerprint density at radius 2 is 1.87 bits per heavy atom. The van der Waals surface area contributed by atoms with Crippen LogP contribution in [0.3, 0.4) is 0 Å². The molecule has 0 atom stereocenters. The van der Waals surface area contributed by atoms with Gasteiger partial charge in [0.2, 0.25) is 0 Å². The number of nitrogens with zero attached hydrogens (tertiary/aromatic N) is 2. The number of ether oxygens (including phenoxy) is 2. The number of benzene rings is 1. The van der Waals surface area contributed by atoms with Crippen LogP contribution in [0, 0.1) is 0 Å². The van der Waals surface area contributed by atoms with Crippen molar-refractivity contribution in [1.82, 2.24) is 9.88 Å². The number of carbonyl (C=O) groups excluding carboxylic acids is 2. The Balaban J connectivity index is 1.94. The van der Waals surface area contributed by atoms with Gasteiger partial charge in [0.25, 0.3) is 5.91 Å². The standard InChI is InChI=1S/C24H31ClN2O4/c1-4-30-23(28)12-6-5-9-15-31-21-11-8-7-10-20(21)17-27(18(2)3)24(29)19-13-14-22(25)26-16-19/h7-8,10-11,13-14,16,18H,4-6,9,12,15,17H2,1-3H3. The fourth-order valence-electron chi connectivity index (χ4n) is 3.08. The molecule has 0 N–H and O–H groups in total. The van der Waals surface area contributed by atoms with E-state index in [0.717, 1.165) is 30.6 Å². The summed E-state index contributed by atoms with van der Waals surface area (Å²) >= 11 is 5.84. The van der Waals surface area contributed by atoms with Crippen molar-refractivity contribution in [3.05, 3.63) is 58.9 Å². The van der Waals surface area contributed by atoms with E-state index in [4.69, 9.17) is 21.1 Å². The topological polar surface area (TPSA) is 68.7 Å². The average molecular weight is 447 g/mol. The minimum Gasteiger partial charge on any atom is -0.493 e. The van der Waals surface area contributed by atoms with Crippen molar-refractivity contribution in [3.8, 4) is 5.75 Å². The van der Waals surface area contributed by atoms with Gasteiger partial charge in [0.1, 0.15) is 10.9 Å². The Morgan fingerprint density at radius 1 is 1.10 bits per heavy atom. The van der Waals surface area contributed by atoms with Crippen LogP contribution in [0.1, 0.15) is 62.4 Å². The van der Waals surface area contributed by atoms with E-state index in [-0.39, 0.29) is 17.9 Å². The number of rotatable bonds is 12. The zero-order valence-electron chi connectivity index (χ0n) is 18.5. The summed E-state index contributed by atoms with van der Waals surface area (Å²) in [6, 6.07) is 11.1. The van der Waals surface area contributed by atoms with Gasteiger partial charge in [-0.05, 0) is 58.2 Å². The van der Waals surface area contributed by atoms with Gasteiger partial charge in [-0.2, -0.15) is 0 Å². The molecule has 31 heavy (non-hydrogen) atoms. The highest BCUT2D eigenvalue weighted by Gasteiger charge is 2.21. The zero-order chi connectivity index (χ0) is 22.6. The van der Waals surface area contributed by atoms with E-state index < -0.39 is 0 Å². The van der Waals surface area contributed by atoms with Gasteiger partial charge in [0.15, 0.2) is 0 Å². The second-order valence-corrected chi connectivity index (χ2v) is 7.86. The van der Waals surface area contributed by atoms with E-state index in [1.54, 1.807) is 17.0 Å². The molecule has 6 nitrogen and oxygen atoms in total. The molecule has 0 aliphatic carbocycles. The number of hydrogen-bond acceptors (Lipinski definition) is 5. The van der Waals surface area contributed by atoms with Crippen LogP contribution in [-0.4, -0.2) is 41.0 Å². The molecular formula is C24H31ClN2O4. The Labute approximate surface area is 189 Å². The fourth-order valence-corrected chi connectivity index (χ4v) is 3.19. The van der Waals surface area contributed by atoms with Crippen LogP contribution < -0.4 is 4.74 Å². The Morgan fingerprint density at radius 3 is 2.55 bits per heavy atom. The van der Waals surface area contributed by atoms with E-state index >= 15 is 0 Å². The normalized spacial score (nSPS) is 10.7. The van der Waals surface area contributed by atoms with Gasteiger partial charge < -0.3 is 14.4 Å². The molecule has 1 aromatic heterocycles. The van der Waals surface area contributed by atoms with Crippen molar-refractivity contribution < 1.29 is 19.1 Å². The first-order valence-electron chi connectivity index (χ1n) is 10.7. The average Bonchev–Trinajstić information content (AvgIpc) is 2.75. The molecule has 0 spiro atoms. The highest BCUT2D eigenvalue weighted by atomic mass is 35.5. The van der Waals surface area contributed by atoms with E-state index in [9.17, 15) is 9.59 Å². The molecule has 0 radical (unpaired) electrons. The third-order valence-corrected chi connectivity index (χ3v) is 4.98. The van der Waals surface area contributed by atoms with Crippen LogP contribution in [0.5, 0.6) is 5.75 Å². The molecule has 0 fully saturated rings. The number of amides is 1. The third kappa shape index (κ3) is 8.21. The second kappa shape index (κ2) is 13.0. The summed E-state index contributed by atoms with van der Waals surface area (Å²) in [7, 11) is 0. The van der Waals surface area contributed by atoms with Crippen LogP contribution in [0.4, 0.5) is 0 Å². The molecule has 0 aliphatic rings. The number of esters is 1. The second-order valence-electron chi connectivity index (χ2n) is 7.47. The maximum Gasteiger partial charge on any atom is 0.305 e. The molecule has 168 valence electrons. The van der Waals surface area contributed by atoms with E-state index in [1.807, 2.05) is 45.0 Å². The van der Waals surface area contributed by atoms with Crippen LogP contribution in [0.25, 0.3) is 0 Å². The van der Waals surface area contributed by atoms with Gasteiger partial charge in [-0.15, -0.1) is 0 Å². The first-order valence-corrected chi connectivity index (χ1v) is 11.1. The van der Waals surface area contributed by atoms with Gasteiger partial charge in [0, 0.05) is 30.8 Å².